The van der Waals surface area contributed by atoms with Gasteiger partial charge in [0.1, 0.15) is 0 Å². The minimum Gasteiger partial charge on any atom is -0.356 e. The molecule has 1 heterocycles. The molecule has 0 bridgehead atoms. The van der Waals surface area contributed by atoms with Crippen molar-refractivity contribution in [3.63, 3.8) is 0 Å². The van der Waals surface area contributed by atoms with Crippen LogP contribution < -0.4 is 5.32 Å². The third kappa shape index (κ3) is 3.89. The van der Waals surface area contributed by atoms with Crippen LogP contribution in [0.1, 0.15) is 25.7 Å². The van der Waals surface area contributed by atoms with E-state index in [0.29, 0.717) is 0 Å². The van der Waals surface area contributed by atoms with Crippen molar-refractivity contribution in [2.24, 2.45) is 0 Å². The topological polar surface area (TPSA) is 29.1 Å². The largest absolute Gasteiger partial charge is 0.356 e. The van der Waals surface area contributed by atoms with Gasteiger partial charge in [0.05, 0.1) is 0 Å². The number of rotatable bonds is 0. The Balaban J connectivity index is 0.000000640. The van der Waals surface area contributed by atoms with Crippen molar-refractivity contribution in [3.8, 4) is 0 Å². The molecule has 1 aliphatic rings. The Hall–Kier alpha value is 0.392. The zero-order chi connectivity index (χ0) is 5.82. The summed E-state index contributed by atoms with van der Waals surface area (Å²) in [5, 5.41) is 2.81. The summed E-state index contributed by atoms with van der Waals surface area (Å²) < 4.78 is 0. The molecule has 1 saturated heterocycles. The van der Waals surface area contributed by atoms with E-state index in [1.54, 1.807) is 0 Å². The van der Waals surface area contributed by atoms with Crippen molar-refractivity contribution in [2.75, 3.05) is 6.54 Å². The van der Waals surface area contributed by atoms with Crippen LogP contribution in [-0.2, 0) is 4.79 Å². The predicted octanol–water partition coefficient (Wildman–Crippen LogP) is 0.296. The smallest absolute Gasteiger partial charge is 0.219 e. The molecule has 1 amide bonds. The summed E-state index contributed by atoms with van der Waals surface area (Å²) in [5.41, 5.74) is 0. The maximum Gasteiger partial charge on any atom is 0.219 e. The molecule has 1 fully saturated rings. The van der Waals surface area contributed by atoms with Gasteiger partial charge in [-0.2, -0.15) is 0 Å². The third-order valence-electron chi connectivity index (χ3n) is 1.40. The molecule has 50 valence electrons. The molecule has 0 saturated carbocycles. The number of hydrogen-bond donors (Lipinski definition) is 1. The van der Waals surface area contributed by atoms with Crippen LogP contribution in [-0.4, -0.2) is 39.8 Å². The molecule has 0 aromatic carbocycles. The zero-order valence-corrected chi connectivity index (χ0v) is 9.33. The first-order valence-corrected chi connectivity index (χ1v) is 3.16. The van der Waals surface area contributed by atoms with E-state index in [4.69, 9.17) is 0 Å². The van der Waals surface area contributed by atoms with Gasteiger partial charge in [-0.1, -0.05) is 6.42 Å². The van der Waals surface area contributed by atoms with E-state index in [0.717, 1.165) is 25.8 Å². The molecule has 0 aromatic rings. The van der Waals surface area contributed by atoms with Gasteiger partial charge in [-0.3, -0.25) is 4.79 Å². The summed E-state index contributed by atoms with van der Waals surface area (Å²) in [4.78, 5) is 10.6. The molecule has 4 radical (unpaired) electrons. The molecule has 9 heavy (non-hydrogen) atoms. The van der Waals surface area contributed by atoms with Crippen LogP contribution in [0.5, 0.6) is 0 Å². The Morgan fingerprint density at radius 3 is 2.78 bits per heavy atom. The number of hydrogen-bond acceptors (Lipinski definition) is 1. The van der Waals surface area contributed by atoms with Gasteiger partial charge in [-0.15, -0.1) is 0 Å². The van der Waals surface area contributed by atoms with E-state index in [1.165, 1.54) is 6.42 Å². The van der Waals surface area contributed by atoms with Gasteiger partial charge in [0.2, 0.25) is 5.91 Å². The van der Waals surface area contributed by atoms with Crippen molar-refractivity contribution in [1.82, 2.24) is 5.32 Å². The first-order valence-electron chi connectivity index (χ1n) is 3.16. The quantitative estimate of drug-likeness (QED) is 0.639. The van der Waals surface area contributed by atoms with Crippen molar-refractivity contribution < 1.29 is 4.79 Å². The maximum atomic E-state index is 10.6. The van der Waals surface area contributed by atoms with Crippen LogP contribution >= 0.6 is 0 Å². The van der Waals surface area contributed by atoms with Gasteiger partial charge >= 0.3 is 0 Å². The molecule has 3 heteroatoms. The van der Waals surface area contributed by atoms with E-state index in [2.05, 4.69) is 5.32 Å². The molecule has 0 unspecified atom stereocenters. The number of nitrogens with one attached hydrogen (secondary N) is 1. The average molecular weight is 320 g/mol. The van der Waals surface area contributed by atoms with Crippen LogP contribution in [0.3, 0.4) is 0 Å². The van der Waals surface area contributed by atoms with Crippen LogP contribution in [0.2, 0.25) is 0 Å². The monoisotopic (exact) mass is 321 g/mol. The Morgan fingerprint density at radius 2 is 2.00 bits per heavy atom. The fourth-order valence-corrected chi connectivity index (χ4v) is 0.904. The van der Waals surface area contributed by atoms with E-state index in [-0.39, 0.29) is 33.2 Å². The molecule has 0 spiro atoms. The van der Waals surface area contributed by atoms with Crippen LogP contribution in [0.4, 0.5) is 0 Å². The van der Waals surface area contributed by atoms with Gasteiger partial charge in [-0.05, 0) is 12.8 Å². The molecule has 0 aliphatic carbocycles. The van der Waals surface area contributed by atoms with E-state index in [1.807, 2.05) is 0 Å². The van der Waals surface area contributed by atoms with Gasteiger partial charge in [0.15, 0.2) is 0 Å². The van der Waals surface area contributed by atoms with E-state index >= 15 is 0 Å². The molecule has 1 N–H and O–H groups in total. The molecule has 1 rings (SSSR count). The van der Waals surface area contributed by atoms with E-state index < -0.39 is 0 Å². The van der Waals surface area contributed by atoms with Gasteiger partial charge < -0.3 is 5.32 Å². The van der Waals surface area contributed by atoms with Gasteiger partial charge in [0.25, 0.3) is 0 Å². The first-order chi connectivity index (χ1) is 3.89. The number of carbonyl (C=O) groups is 1. The zero-order valence-electron chi connectivity index (χ0n) is 5.44. The number of amides is 1. The first kappa shape index (κ1) is 9.39. The Bertz CT molecular complexity index is 85.1. The second kappa shape index (κ2) is 5.20. The summed E-state index contributed by atoms with van der Waals surface area (Å²) >= 11 is 0. The normalized spacial score (nSPS) is 19.3. The molecule has 0 atom stereocenters. The fourth-order valence-electron chi connectivity index (χ4n) is 0.904. The van der Waals surface area contributed by atoms with Gasteiger partial charge in [-0.25, -0.2) is 0 Å². The third-order valence-corrected chi connectivity index (χ3v) is 1.40. The minimum absolute atomic E-state index is 0. The second-order valence-corrected chi connectivity index (χ2v) is 2.16. The van der Waals surface area contributed by atoms with Crippen molar-refractivity contribution in [1.29, 1.82) is 0 Å². The molecular formula is C6H11NOPb. The standard InChI is InChI=1S/C6H11NO.Pb/c8-6-4-2-1-3-5-7-6;/h1-5H2,(H,7,8);. The van der Waals surface area contributed by atoms with Crippen LogP contribution in [0, 0.1) is 0 Å². The molecular weight excluding hydrogens is 309 g/mol. The van der Waals surface area contributed by atoms with Crippen molar-refractivity contribution in [3.05, 3.63) is 0 Å². The molecule has 1 aliphatic heterocycles. The SMILES string of the molecule is O=C1CCCCCN1.[Pb]. The summed E-state index contributed by atoms with van der Waals surface area (Å²) in [6.45, 7) is 0.888. The average Bonchev–Trinajstić information content (AvgIpc) is 1.94. The van der Waals surface area contributed by atoms with Crippen LogP contribution in [0.25, 0.3) is 0 Å². The summed E-state index contributed by atoms with van der Waals surface area (Å²) in [7, 11) is 0. The van der Waals surface area contributed by atoms with E-state index in [9.17, 15) is 4.79 Å². The van der Waals surface area contributed by atoms with Crippen LogP contribution in [0.15, 0.2) is 0 Å². The van der Waals surface area contributed by atoms with Crippen molar-refractivity contribution >= 4 is 33.2 Å². The number of carbonyl (C=O) groups excluding carboxylic acids is 1. The Morgan fingerprint density at radius 1 is 1.22 bits per heavy atom. The Labute approximate surface area is 75.6 Å². The van der Waals surface area contributed by atoms with Gasteiger partial charge in [0, 0.05) is 40.3 Å². The predicted molar refractivity (Wildman–Crippen MR) is 37.2 cm³/mol. The second-order valence-electron chi connectivity index (χ2n) is 2.16. The molecule has 2 nitrogen and oxygen atoms in total. The summed E-state index contributed by atoms with van der Waals surface area (Å²) in [6, 6.07) is 0. The molecule has 0 aromatic heterocycles. The summed E-state index contributed by atoms with van der Waals surface area (Å²) in [5.74, 6) is 0.225. The summed E-state index contributed by atoms with van der Waals surface area (Å²) in [6.07, 6.45) is 4.18. The maximum absolute atomic E-state index is 10.6. The minimum atomic E-state index is 0. The fraction of sp³-hybridized carbons (Fsp3) is 0.833. The van der Waals surface area contributed by atoms with Crippen molar-refractivity contribution in [2.45, 2.75) is 25.7 Å². The Kier molecular flexibility index (Phi) is 5.42.